The Bertz CT molecular complexity index is 960. The number of aromatic nitrogens is 2. The summed E-state index contributed by atoms with van der Waals surface area (Å²) in [6, 6.07) is 9.27. The second-order valence-electron chi connectivity index (χ2n) is 6.47. The molecule has 1 aliphatic carbocycles. The van der Waals surface area contributed by atoms with Crippen molar-refractivity contribution in [3.63, 3.8) is 0 Å². The second-order valence-corrected chi connectivity index (χ2v) is 7.28. The molecule has 1 aliphatic rings. The Hall–Kier alpha value is -2.04. The molecule has 25 heavy (non-hydrogen) atoms. The minimum absolute atomic E-state index is 0.0525. The Balaban J connectivity index is 1.60. The lowest BCUT2D eigenvalue weighted by molar-refractivity contribution is -0.120. The van der Waals surface area contributed by atoms with Gasteiger partial charge in [0, 0.05) is 24.2 Å². The van der Waals surface area contributed by atoms with Crippen molar-refractivity contribution >= 4 is 40.4 Å². The zero-order chi connectivity index (χ0) is 17.6. The maximum Gasteiger partial charge on any atom is 0.227 e. The van der Waals surface area contributed by atoms with Gasteiger partial charge < -0.3 is 9.72 Å². The van der Waals surface area contributed by atoms with Crippen molar-refractivity contribution in [1.82, 2.24) is 9.38 Å². The number of amides is 1. The summed E-state index contributed by atoms with van der Waals surface area (Å²) in [4.78, 5) is 17.4. The van der Waals surface area contributed by atoms with Gasteiger partial charge in [-0.2, -0.15) is 0 Å². The molecule has 1 N–H and O–H groups in total. The molecule has 0 spiro atoms. The molecule has 1 atom stereocenters. The van der Waals surface area contributed by atoms with Gasteiger partial charge in [0.1, 0.15) is 5.65 Å². The van der Waals surface area contributed by atoms with E-state index in [0.29, 0.717) is 22.2 Å². The van der Waals surface area contributed by atoms with Crippen LogP contribution in [0.4, 0.5) is 5.69 Å². The summed E-state index contributed by atoms with van der Waals surface area (Å²) in [7, 11) is 0. The highest BCUT2D eigenvalue weighted by Crippen LogP contribution is 2.32. The normalized spacial score (nSPS) is 16.7. The van der Waals surface area contributed by atoms with E-state index >= 15 is 0 Å². The van der Waals surface area contributed by atoms with E-state index in [1.165, 1.54) is 5.56 Å². The number of hydrogen-bond acceptors (Lipinski definition) is 2. The number of benzene rings is 1. The number of carbonyl (C=O) groups is 1. The molecule has 0 saturated carbocycles. The first-order valence-corrected chi connectivity index (χ1v) is 9.00. The molecule has 4 rings (SSSR count). The zero-order valence-electron chi connectivity index (χ0n) is 13.7. The Morgan fingerprint density at radius 3 is 2.76 bits per heavy atom. The monoisotopic (exact) mass is 373 g/mol. The van der Waals surface area contributed by atoms with Crippen molar-refractivity contribution in [2.24, 2.45) is 5.92 Å². The van der Waals surface area contributed by atoms with E-state index < -0.39 is 0 Å². The summed E-state index contributed by atoms with van der Waals surface area (Å²) < 4.78 is 2.10. The van der Waals surface area contributed by atoms with Gasteiger partial charge in [0.05, 0.1) is 21.4 Å². The number of hydrogen-bond donors (Lipinski definition) is 1. The minimum atomic E-state index is -0.125. The molecule has 1 unspecified atom stereocenters. The summed E-state index contributed by atoms with van der Waals surface area (Å²) in [6.45, 7) is 2.05. The van der Waals surface area contributed by atoms with E-state index in [4.69, 9.17) is 23.2 Å². The summed E-state index contributed by atoms with van der Waals surface area (Å²) >= 11 is 12.3. The Kier molecular flexibility index (Phi) is 4.18. The van der Waals surface area contributed by atoms with Crippen molar-refractivity contribution in [1.29, 1.82) is 0 Å². The predicted molar refractivity (Wildman–Crippen MR) is 101 cm³/mol. The number of halogens is 2. The lowest BCUT2D eigenvalue weighted by Crippen LogP contribution is -2.28. The van der Waals surface area contributed by atoms with Crippen LogP contribution in [0.2, 0.25) is 10.0 Å². The smallest absolute Gasteiger partial charge is 0.227 e. The number of fused-ring (bicyclic) bond motifs is 3. The van der Waals surface area contributed by atoms with Crippen molar-refractivity contribution in [2.75, 3.05) is 5.32 Å². The van der Waals surface area contributed by atoms with Crippen LogP contribution in [0.1, 0.15) is 23.4 Å². The van der Waals surface area contributed by atoms with Crippen LogP contribution in [-0.4, -0.2) is 15.3 Å². The van der Waals surface area contributed by atoms with Crippen LogP contribution < -0.4 is 5.32 Å². The molecule has 0 fully saturated rings. The van der Waals surface area contributed by atoms with Gasteiger partial charge in [-0.15, -0.1) is 0 Å². The van der Waals surface area contributed by atoms with E-state index in [1.54, 1.807) is 18.2 Å². The molecule has 1 amide bonds. The van der Waals surface area contributed by atoms with Crippen molar-refractivity contribution in [3.05, 3.63) is 63.5 Å². The maximum atomic E-state index is 12.7. The average molecular weight is 374 g/mol. The molecule has 0 aliphatic heterocycles. The molecule has 128 valence electrons. The standard InChI is InChI=1S/C19H17Cl2N3O/c1-11-5-8-17-22-15-7-6-12(9-16(15)24(17)10-11)19(25)23-18-13(20)3-2-4-14(18)21/h2-5,8,10,12H,6-7,9H2,1H3,(H,23,25). The molecule has 2 aromatic heterocycles. The fraction of sp³-hybridized carbons (Fsp3) is 0.263. The van der Waals surface area contributed by atoms with Crippen LogP contribution in [-0.2, 0) is 17.6 Å². The summed E-state index contributed by atoms with van der Waals surface area (Å²) in [5.74, 6) is -0.177. The highest BCUT2D eigenvalue weighted by molar-refractivity contribution is 6.39. The molecule has 6 heteroatoms. The van der Waals surface area contributed by atoms with E-state index in [9.17, 15) is 4.79 Å². The topological polar surface area (TPSA) is 46.4 Å². The molecular formula is C19H17Cl2N3O. The van der Waals surface area contributed by atoms with Gasteiger partial charge in [-0.1, -0.05) is 35.3 Å². The van der Waals surface area contributed by atoms with Gasteiger partial charge in [-0.05, 0) is 43.5 Å². The quantitative estimate of drug-likeness (QED) is 0.707. The van der Waals surface area contributed by atoms with Crippen LogP contribution in [0.5, 0.6) is 0 Å². The first-order valence-electron chi connectivity index (χ1n) is 8.24. The predicted octanol–water partition coefficient (Wildman–Crippen LogP) is 4.69. The fourth-order valence-corrected chi connectivity index (χ4v) is 3.87. The second kappa shape index (κ2) is 6.36. The number of imidazole rings is 1. The third kappa shape index (κ3) is 3.00. The van der Waals surface area contributed by atoms with Crippen LogP contribution in [0.3, 0.4) is 0 Å². The molecule has 0 bridgehead atoms. The lowest BCUT2D eigenvalue weighted by atomic mass is 9.89. The van der Waals surface area contributed by atoms with Crippen molar-refractivity contribution in [3.8, 4) is 0 Å². The van der Waals surface area contributed by atoms with E-state index in [2.05, 4.69) is 33.9 Å². The number of nitrogens with zero attached hydrogens (tertiary/aromatic N) is 2. The number of aryl methyl sites for hydroxylation is 2. The first kappa shape index (κ1) is 16.4. The highest BCUT2D eigenvalue weighted by atomic mass is 35.5. The zero-order valence-corrected chi connectivity index (χ0v) is 15.2. The number of rotatable bonds is 2. The van der Waals surface area contributed by atoms with Gasteiger partial charge in [-0.3, -0.25) is 4.79 Å². The Morgan fingerprint density at radius 2 is 2.00 bits per heavy atom. The first-order chi connectivity index (χ1) is 12.0. The van der Waals surface area contributed by atoms with Crippen LogP contribution in [0, 0.1) is 12.8 Å². The number of pyridine rings is 1. The molecule has 0 saturated heterocycles. The molecular weight excluding hydrogens is 357 g/mol. The third-order valence-corrected chi connectivity index (χ3v) is 5.33. The number of anilines is 1. The Morgan fingerprint density at radius 1 is 1.24 bits per heavy atom. The summed E-state index contributed by atoms with van der Waals surface area (Å²) in [6.07, 6.45) is 4.30. The summed E-state index contributed by atoms with van der Waals surface area (Å²) in [5.41, 5.74) is 4.80. The molecule has 2 heterocycles. The van der Waals surface area contributed by atoms with E-state index in [1.807, 2.05) is 6.07 Å². The number of nitrogens with one attached hydrogen (secondary N) is 1. The highest BCUT2D eigenvalue weighted by Gasteiger charge is 2.28. The minimum Gasteiger partial charge on any atom is -0.323 e. The van der Waals surface area contributed by atoms with E-state index in [-0.39, 0.29) is 11.8 Å². The third-order valence-electron chi connectivity index (χ3n) is 4.70. The largest absolute Gasteiger partial charge is 0.323 e. The summed E-state index contributed by atoms with van der Waals surface area (Å²) in [5, 5.41) is 3.79. The number of para-hydroxylation sites is 1. The maximum absolute atomic E-state index is 12.7. The Labute approximate surface area is 155 Å². The van der Waals surface area contributed by atoms with Gasteiger partial charge >= 0.3 is 0 Å². The number of carbonyl (C=O) groups excluding carboxylic acids is 1. The van der Waals surface area contributed by atoms with Crippen molar-refractivity contribution in [2.45, 2.75) is 26.2 Å². The molecule has 1 aromatic carbocycles. The van der Waals surface area contributed by atoms with Crippen LogP contribution in [0.15, 0.2) is 36.5 Å². The van der Waals surface area contributed by atoms with Gasteiger partial charge in [0.2, 0.25) is 5.91 Å². The van der Waals surface area contributed by atoms with Gasteiger partial charge in [-0.25, -0.2) is 4.98 Å². The average Bonchev–Trinajstić information content (AvgIpc) is 2.95. The molecule has 3 aromatic rings. The van der Waals surface area contributed by atoms with Crippen LogP contribution in [0.25, 0.3) is 5.65 Å². The molecule has 4 nitrogen and oxygen atoms in total. The SMILES string of the molecule is Cc1ccc2nc3c(n2c1)CC(C(=O)Nc1c(Cl)cccc1Cl)CC3. The fourth-order valence-electron chi connectivity index (χ4n) is 3.38. The van der Waals surface area contributed by atoms with E-state index in [0.717, 1.165) is 29.9 Å². The molecule has 0 radical (unpaired) electrons. The lowest BCUT2D eigenvalue weighted by Gasteiger charge is -2.22. The van der Waals surface area contributed by atoms with Gasteiger partial charge in [0.15, 0.2) is 0 Å². The van der Waals surface area contributed by atoms with Crippen molar-refractivity contribution < 1.29 is 4.79 Å². The van der Waals surface area contributed by atoms with Crippen LogP contribution >= 0.6 is 23.2 Å². The van der Waals surface area contributed by atoms with Gasteiger partial charge in [0.25, 0.3) is 0 Å².